The van der Waals surface area contributed by atoms with Crippen LogP contribution in [-0.4, -0.2) is 0 Å². The van der Waals surface area contributed by atoms with E-state index in [0.29, 0.717) is 11.8 Å². The molecular weight excluding hydrogens is 689 g/mol. The van der Waals surface area contributed by atoms with E-state index in [1.807, 2.05) is 0 Å². The van der Waals surface area contributed by atoms with E-state index in [1.165, 1.54) is 207 Å². The molecule has 2 unspecified atom stereocenters. The highest BCUT2D eigenvalue weighted by molar-refractivity contribution is 5.44. The molecule has 0 aliphatic rings. The van der Waals surface area contributed by atoms with Gasteiger partial charge in [0, 0.05) is 23.2 Å². The lowest BCUT2D eigenvalue weighted by Gasteiger charge is -2.19. The molecule has 0 radical (unpaired) electrons. The van der Waals surface area contributed by atoms with Crippen molar-refractivity contribution in [3.63, 3.8) is 0 Å². The van der Waals surface area contributed by atoms with Crippen molar-refractivity contribution in [2.75, 3.05) is 11.5 Å². The molecule has 0 bridgehead atoms. The minimum absolute atomic E-state index is 0.467. The van der Waals surface area contributed by atoms with Crippen LogP contribution in [0.2, 0.25) is 0 Å². The second kappa shape index (κ2) is 28.8. The Morgan fingerprint density at radius 1 is 0.298 bits per heavy atom. The number of nitrogen functional groups attached to an aromatic ring is 2. The average molecular weight is 771 g/mol. The predicted molar refractivity (Wildman–Crippen MR) is 252 cm³/mol. The first kappa shape index (κ1) is 46.2. The van der Waals surface area contributed by atoms with Gasteiger partial charge in [-0.3, -0.25) is 0 Å². The summed E-state index contributed by atoms with van der Waals surface area (Å²) in [6.07, 6.45) is 36.1. The van der Waals surface area contributed by atoms with Crippen molar-refractivity contribution < 1.29 is 0 Å². The van der Waals surface area contributed by atoms with E-state index >= 15 is 0 Å². The van der Waals surface area contributed by atoms with Crippen LogP contribution < -0.4 is 11.5 Å². The van der Waals surface area contributed by atoms with E-state index < -0.39 is 0 Å². The summed E-state index contributed by atoms with van der Waals surface area (Å²) >= 11 is 0. The smallest absolute Gasteiger partial charge is 0.0314 e. The fourth-order valence-electron chi connectivity index (χ4n) is 8.85. The van der Waals surface area contributed by atoms with Gasteiger partial charge in [0.25, 0.3) is 0 Å². The number of rotatable bonds is 32. The molecule has 4 N–H and O–H groups in total. The van der Waals surface area contributed by atoms with Crippen molar-refractivity contribution in [3.8, 4) is 0 Å². The molecule has 2 atom stereocenters. The van der Waals surface area contributed by atoms with Gasteiger partial charge in [0.2, 0.25) is 0 Å². The lowest BCUT2D eigenvalue weighted by Crippen LogP contribution is -2.02. The van der Waals surface area contributed by atoms with E-state index in [0.717, 1.165) is 11.4 Å². The summed E-state index contributed by atoms with van der Waals surface area (Å²) in [5.74, 6) is 0.934. The standard InChI is InChI=1S/C55H82N2/c1-3-5-7-9-20-24-28-54(50-38-42-52(56)43-39-50)48-34-30-46(31-35-48)26-22-18-16-14-12-11-13-15-17-19-23-27-47-32-36-49(37-33-47)55(29-25-21-10-8-6-4-2)51-40-44-53(57)45-41-51/h30-45,54-55H,3-29,56-57H2,1-2H3. The summed E-state index contributed by atoms with van der Waals surface area (Å²) < 4.78 is 0. The van der Waals surface area contributed by atoms with Gasteiger partial charge in [-0.15, -0.1) is 0 Å². The lowest BCUT2D eigenvalue weighted by atomic mass is 9.86. The van der Waals surface area contributed by atoms with Crippen molar-refractivity contribution in [2.24, 2.45) is 0 Å². The number of nitrogens with two attached hydrogens (primary N) is 2. The highest BCUT2D eigenvalue weighted by Gasteiger charge is 2.16. The minimum Gasteiger partial charge on any atom is -0.399 e. The van der Waals surface area contributed by atoms with Gasteiger partial charge in [-0.1, -0.05) is 221 Å². The Hall–Kier alpha value is -3.52. The summed E-state index contributed by atoms with van der Waals surface area (Å²) in [5, 5.41) is 0. The number of anilines is 2. The monoisotopic (exact) mass is 771 g/mol. The van der Waals surface area contributed by atoms with Crippen molar-refractivity contribution in [1.82, 2.24) is 0 Å². The lowest BCUT2D eigenvalue weighted by molar-refractivity contribution is 0.545. The number of aryl methyl sites for hydroxylation is 2. The predicted octanol–water partition coefficient (Wildman–Crippen LogP) is 16.7. The number of hydrogen-bond donors (Lipinski definition) is 2. The van der Waals surface area contributed by atoms with Gasteiger partial charge in [0.1, 0.15) is 0 Å². The molecule has 0 heterocycles. The molecule has 4 aromatic carbocycles. The van der Waals surface area contributed by atoms with E-state index in [1.54, 1.807) is 0 Å². The normalized spacial score (nSPS) is 12.5. The molecular formula is C55H82N2. The highest BCUT2D eigenvalue weighted by atomic mass is 14.5. The van der Waals surface area contributed by atoms with Crippen molar-refractivity contribution in [2.45, 2.75) is 199 Å². The molecule has 57 heavy (non-hydrogen) atoms. The Morgan fingerprint density at radius 3 is 0.842 bits per heavy atom. The number of benzene rings is 4. The van der Waals surface area contributed by atoms with E-state index in [9.17, 15) is 0 Å². The second-order valence-corrected chi connectivity index (χ2v) is 17.4. The van der Waals surface area contributed by atoms with Gasteiger partial charge < -0.3 is 11.5 Å². The van der Waals surface area contributed by atoms with Crippen LogP contribution in [0, 0.1) is 0 Å². The fourth-order valence-corrected chi connectivity index (χ4v) is 8.85. The molecule has 4 rings (SSSR count). The molecule has 0 saturated carbocycles. The number of unbranched alkanes of at least 4 members (excludes halogenated alkanes) is 20. The molecule has 0 aromatic heterocycles. The highest BCUT2D eigenvalue weighted by Crippen LogP contribution is 2.33. The van der Waals surface area contributed by atoms with Crippen LogP contribution >= 0.6 is 0 Å². The fraction of sp³-hybridized carbons (Fsp3) is 0.564. The summed E-state index contributed by atoms with van der Waals surface area (Å²) in [7, 11) is 0. The maximum Gasteiger partial charge on any atom is 0.0314 e. The first-order valence-electron chi connectivity index (χ1n) is 24.0. The third kappa shape index (κ3) is 18.7. The molecule has 0 amide bonds. The average Bonchev–Trinajstić information content (AvgIpc) is 3.23. The van der Waals surface area contributed by atoms with Crippen LogP contribution in [0.5, 0.6) is 0 Å². The molecule has 0 spiro atoms. The summed E-state index contributed by atoms with van der Waals surface area (Å²) in [4.78, 5) is 0. The van der Waals surface area contributed by atoms with E-state index in [4.69, 9.17) is 11.5 Å². The molecule has 2 heteroatoms. The first-order chi connectivity index (χ1) is 28.1. The largest absolute Gasteiger partial charge is 0.399 e. The summed E-state index contributed by atoms with van der Waals surface area (Å²) in [5.41, 5.74) is 22.5. The van der Waals surface area contributed by atoms with Crippen LogP contribution in [0.25, 0.3) is 0 Å². The second-order valence-electron chi connectivity index (χ2n) is 17.4. The third-order valence-electron chi connectivity index (χ3n) is 12.6. The van der Waals surface area contributed by atoms with Crippen LogP contribution in [0.4, 0.5) is 11.4 Å². The zero-order chi connectivity index (χ0) is 40.2. The molecule has 0 saturated heterocycles. The van der Waals surface area contributed by atoms with Gasteiger partial charge in [0.15, 0.2) is 0 Å². The molecule has 0 aliphatic carbocycles. The molecule has 2 nitrogen and oxygen atoms in total. The van der Waals surface area contributed by atoms with Crippen molar-refractivity contribution in [3.05, 3.63) is 130 Å². The van der Waals surface area contributed by atoms with Crippen molar-refractivity contribution >= 4 is 11.4 Å². The topological polar surface area (TPSA) is 52.0 Å². The summed E-state index contributed by atoms with van der Waals surface area (Å²) in [6, 6.07) is 36.4. The van der Waals surface area contributed by atoms with Crippen LogP contribution in [0.3, 0.4) is 0 Å². The van der Waals surface area contributed by atoms with Gasteiger partial charge in [-0.05, 0) is 96.2 Å². The molecule has 0 aliphatic heterocycles. The zero-order valence-corrected chi connectivity index (χ0v) is 36.6. The Kier molecular flexibility index (Phi) is 23.3. The minimum atomic E-state index is 0.467. The Morgan fingerprint density at radius 2 is 0.544 bits per heavy atom. The van der Waals surface area contributed by atoms with Gasteiger partial charge in [-0.25, -0.2) is 0 Å². The SMILES string of the molecule is CCCCCCCCC(c1ccc(N)cc1)c1ccc(CCCCCCCCCCCCCc2ccc(C(CCCCCCCC)c3ccc(N)cc3)cc2)cc1. The van der Waals surface area contributed by atoms with Crippen molar-refractivity contribution in [1.29, 1.82) is 0 Å². The molecule has 4 aromatic rings. The van der Waals surface area contributed by atoms with Crippen LogP contribution in [0.1, 0.15) is 220 Å². The Bertz CT molecular complexity index is 1420. The zero-order valence-electron chi connectivity index (χ0n) is 36.6. The third-order valence-corrected chi connectivity index (χ3v) is 12.6. The van der Waals surface area contributed by atoms with Gasteiger partial charge in [0.05, 0.1) is 0 Å². The van der Waals surface area contributed by atoms with Crippen LogP contribution in [-0.2, 0) is 12.8 Å². The maximum absolute atomic E-state index is 6.02. The van der Waals surface area contributed by atoms with E-state index in [2.05, 4.69) is 111 Å². The summed E-state index contributed by atoms with van der Waals surface area (Å²) in [6.45, 7) is 4.59. The van der Waals surface area contributed by atoms with E-state index in [-0.39, 0.29) is 0 Å². The Labute approximate surface area is 351 Å². The van der Waals surface area contributed by atoms with Gasteiger partial charge in [-0.2, -0.15) is 0 Å². The maximum atomic E-state index is 6.02. The Balaban J connectivity index is 1.04. The quantitative estimate of drug-likeness (QED) is 0.0384. The van der Waals surface area contributed by atoms with Crippen LogP contribution in [0.15, 0.2) is 97.1 Å². The first-order valence-corrected chi connectivity index (χ1v) is 24.0. The molecule has 312 valence electrons. The molecule has 0 fully saturated rings. The number of hydrogen-bond acceptors (Lipinski definition) is 2. The van der Waals surface area contributed by atoms with Gasteiger partial charge >= 0.3 is 0 Å².